The molecule has 0 spiro atoms. The minimum atomic E-state index is -1.44. The van der Waals surface area contributed by atoms with E-state index in [0.29, 0.717) is 4.70 Å². The smallest absolute Gasteiger partial charge is 0.544 e. The van der Waals surface area contributed by atoms with E-state index < -0.39 is 16.3 Å². The van der Waals surface area contributed by atoms with Crippen molar-refractivity contribution in [1.82, 2.24) is 0 Å². The van der Waals surface area contributed by atoms with Crippen LogP contribution in [0.5, 0.6) is 0 Å². The maximum absolute atomic E-state index is 11.6. The molecular formula is C10H4NNaO5S. The van der Waals surface area contributed by atoms with E-state index >= 15 is 0 Å². The van der Waals surface area contributed by atoms with E-state index in [1.54, 1.807) is 0 Å². The molecule has 0 aliphatic heterocycles. The van der Waals surface area contributed by atoms with Crippen LogP contribution in [0.15, 0.2) is 29.1 Å². The van der Waals surface area contributed by atoms with E-state index in [0.717, 1.165) is 23.5 Å². The summed E-state index contributed by atoms with van der Waals surface area (Å²) in [4.78, 5) is 31.9. The van der Waals surface area contributed by atoms with Gasteiger partial charge < -0.3 is 9.90 Å². The minimum Gasteiger partial charge on any atom is -0.544 e. The van der Waals surface area contributed by atoms with E-state index in [1.165, 1.54) is 12.1 Å². The molecule has 0 saturated heterocycles. The van der Waals surface area contributed by atoms with Crippen molar-refractivity contribution in [3.05, 3.63) is 49.5 Å². The third-order valence-electron chi connectivity index (χ3n) is 2.12. The average Bonchev–Trinajstić information content (AvgIpc) is 2.28. The fourth-order valence-corrected chi connectivity index (χ4v) is 2.25. The number of carbonyl (C=O) groups is 1. The molecule has 0 aliphatic carbocycles. The van der Waals surface area contributed by atoms with Crippen LogP contribution in [-0.4, -0.2) is 10.9 Å². The van der Waals surface area contributed by atoms with E-state index in [-0.39, 0.29) is 45.5 Å². The van der Waals surface area contributed by atoms with Gasteiger partial charge in [0.1, 0.15) is 0 Å². The number of non-ortho nitro benzene ring substituents is 1. The Labute approximate surface area is 126 Å². The zero-order valence-electron chi connectivity index (χ0n) is 9.21. The van der Waals surface area contributed by atoms with Crippen molar-refractivity contribution in [1.29, 1.82) is 0 Å². The number of nitro groups is 1. The third-order valence-corrected chi connectivity index (χ3v) is 3.20. The molecule has 2 rings (SSSR count). The summed E-state index contributed by atoms with van der Waals surface area (Å²) < 4.78 is 0.377. The standard InChI is InChI=1S/C10H5NO5S.Na/c12-7-4-9(10(13)14)17-8-2-1-5(11(15)16)3-6(7)8;/h1-4H,(H,13,14);/q;+1/p-1. The SMILES string of the molecule is O=C([O-])c1cc(=O)c2cc([N+](=O)[O-])ccc2s1.[Na+]. The van der Waals surface area contributed by atoms with E-state index in [1.807, 2.05) is 0 Å². The van der Waals surface area contributed by atoms with Crippen LogP contribution in [-0.2, 0) is 0 Å². The summed E-state index contributed by atoms with van der Waals surface area (Å²) in [6.45, 7) is 0. The Balaban J connectivity index is 0.00000162. The van der Waals surface area contributed by atoms with Gasteiger partial charge in [0.05, 0.1) is 15.8 Å². The Kier molecular flexibility index (Phi) is 4.58. The van der Waals surface area contributed by atoms with Crippen LogP contribution < -0.4 is 40.1 Å². The summed E-state index contributed by atoms with van der Waals surface area (Å²) in [6.07, 6.45) is 0. The Morgan fingerprint density at radius 1 is 1.28 bits per heavy atom. The van der Waals surface area contributed by atoms with E-state index in [2.05, 4.69) is 0 Å². The normalized spacial score (nSPS) is 9.78. The number of benzene rings is 1. The van der Waals surface area contributed by atoms with Crippen molar-refractivity contribution in [3.63, 3.8) is 0 Å². The second kappa shape index (κ2) is 5.57. The van der Waals surface area contributed by atoms with Crippen molar-refractivity contribution in [2.24, 2.45) is 0 Å². The van der Waals surface area contributed by atoms with Gasteiger partial charge in [0.2, 0.25) is 0 Å². The predicted molar refractivity (Wildman–Crippen MR) is 59.1 cm³/mol. The monoisotopic (exact) mass is 273 g/mol. The van der Waals surface area contributed by atoms with E-state index in [9.17, 15) is 24.8 Å². The first-order valence-electron chi connectivity index (χ1n) is 4.42. The zero-order valence-corrected chi connectivity index (χ0v) is 12.0. The van der Waals surface area contributed by atoms with Crippen molar-refractivity contribution in [2.45, 2.75) is 0 Å². The summed E-state index contributed by atoms with van der Waals surface area (Å²) >= 11 is 0.845. The topological polar surface area (TPSA) is 100 Å². The van der Waals surface area contributed by atoms with Gasteiger partial charge in [-0.15, -0.1) is 11.3 Å². The summed E-state index contributed by atoms with van der Waals surface area (Å²) in [5.74, 6) is -1.44. The van der Waals surface area contributed by atoms with Crippen molar-refractivity contribution in [3.8, 4) is 0 Å². The second-order valence-electron chi connectivity index (χ2n) is 3.20. The Morgan fingerprint density at radius 3 is 2.50 bits per heavy atom. The molecule has 0 fully saturated rings. The number of aromatic carboxylic acids is 1. The van der Waals surface area contributed by atoms with Crippen molar-refractivity contribution < 1.29 is 44.4 Å². The van der Waals surface area contributed by atoms with Crippen LogP contribution in [0, 0.1) is 10.1 Å². The van der Waals surface area contributed by atoms with Crippen molar-refractivity contribution in [2.75, 3.05) is 0 Å². The van der Waals surface area contributed by atoms with Gasteiger partial charge >= 0.3 is 29.6 Å². The first-order chi connectivity index (χ1) is 7.99. The van der Waals surface area contributed by atoms with Gasteiger partial charge in [-0.25, -0.2) is 0 Å². The molecule has 0 bridgehead atoms. The molecule has 0 radical (unpaired) electrons. The number of carboxylic acid groups (broad SMARTS) is 1. The molecule has 18 heavy (non-hydrogen) atoms. The summed E-state index contributed by atoms with van der Waals surface area (Å²) in [5.41, 5.74) is -0.773. The first kappa shape index (κ1) is 14.8. The average molecular weight is 273 g/mol. The first-order valence-corrected chi connectivity index (χ1v) is 5.24. The van der Waals surface area contributed by atoms with Crippen LogP contribution in [0.2, 0.25) is 0 Å². The van der Waals surface area contributed by atoms with Gasteiger partial charge in [0.15, 0.2) is 5.43 Å². The molecule has 0 aliphatic rings. The molecule has 8 heteroatoms. The number of nitrogens with zero attached hydrogens (tertiary/aromatic N) is 1. The summed E-state index contributed by atoms with van der Waals surface area (Å²) in [5, 5.41) is 21.3. The Bertz CT molecular complexity index is 696. The van der Waals surface area contributed by atoms with Gasteiger partial charge in [-0.05, 0) is 6.07 Å². The number of nitro benzene ring substituents is 1. The largest absolute Gasteiger partial charge is 1.00 e. The molecule has 1 aromatic carbocycles. The maximum atomic E-state index is 11.6. The van der Waals surface area contributed by atoms with Gasteiger partial charge in [0.25, 0.3) is 5.69 Å². The summed E-state index contributed by atoms with van der Waals surface area (Å²) in [6, 6.07) is 4.61. The molecule has 86 valence electrons. The molecule has 1 heterocycles. The molecule has 2 aromatic rings. The van der Waals surface area contributed by atoms with Crippen LogP contribution in [0.1, 0.15) is 9.67 Å². The van der Waals surface area contributed by atoms with Gasteiger partial charge in [-0.2, -0.15) is 0 Å². The molecule has 0 N–H and O–H groups in total. The van der Waals surface area contributed by atoms with Gasteiger partial charge in [-0.1, -0.05) is 0 Å². The Morgan fingerprint density at radius 2 is 1.94 bits per heavy atom. The fourth-order valence-electron chi connectivity index (χ4n) is 1.36. The maximum Gasteiger partial charge on any atom is 1.00 e. The molecule has 0 unspecified atom stereocenters. The number of hydrogen-bond acceptors (Lipinski definition) is 6. The molecule has 0 saturated carbocycles. The van der Waals surface area contributed by atoms with Gasteiger partial charge in [-0.3, -0.25) is 14.9 Å². The summed E-state index contributed by atoms with van der Waals surface area (Å²) in [7, 11) is 0. The molecule has 0 amide bonds. The zero-order chi connectivity index (χ0) is 12.6. The molecule has 0 atom stereocenters. The fraction of sp³-hybridized carbons (Fsp3) is 0. The number of hydrogen-bond donors (Lipinski definition) is 0. The number of rotatable bonds is 2. The molecule has 1 aromatic heterocycles. The molecular weight excluding hydrogens is 269 g/mol. The van der Waals surface area contributed by atoms with Gasteiger partial charge in [0, 0.05) is 28.3 Å². The van der Waals surface area contributed by atoms with E-state index in [4.69, 9.17) is 0 Å². The quantitative estimate of drug-likeness (QED) is 0.343. The second-order valence-corrected chi connectivity index (χ2v) is 4.28. The van der Waals surface area contributed by atoms with Crippen LogP contribution in [0.3, 0.4) is 0 Å². The number of carbonyl (C=O) groups excluding carboxylic acids is 1. The van der Waals surface area contributed by atoms with Crippen LogP contribution >= 0.6 is 11.3 Å². The number of carboxylic acids is 1. The molecule has 6 nitrogen and oxygen atoms in total. The van der Waals surface area contributed by atoms with Crippen molar-refractivity contribution >= 4 is 33.1 Å². The van der Waals surface area contributed by atoms with Crippen LogP contribution in [0.25, 0.3) is 10.1 Å². The predicted octanol–water partition coefficient (Wildman–Crippen LogP) is -2.46. The minimum absolute atomic E-state index is 0. The number of fused-ring (bicyclic) bond motifs is 1. The Hall–Kier alpha value is -1.28. The van der Waals surface area contributed by atoms with Crippen LogP contribution in [0.4, 0.5) is 5.69 Å². The third kappa shape index (κ3) is 2.75.